The van der Waals surface area contributed by atoms with Crippen molar-refractivity contribution in [3.8, 4) is 0 Å². The highest BCUT2D eigenvalue weighted by atomic mass is 15.0. The first-order valence-corrected chi connectivity index (χ1v) is 5.67. The Hall–Kier alpha value is -0.990. The van der Waals surface area contributed by atoms with Gasteiger partial charge in [0, 0.05) is 17.8 Å². The molecule has 0 fully saturated rings. The summed E-state index contributed by atoms with van der Waals surface area (Å²) in [6.07, 6.45) is 0. The van der Waals surface area contributed by atoms with Gasteiger partial charge in [0.1, 0.15) is 17.5 Å². The van der Waals surface area contributed by atoms with Crippen LogP contribution in [0.2, 0.25) is 0 Å². The summed E-state index contributed by atoms with van der Waals surface area (Å²) in [7, 11) is 0. The van der Waals surface area contributed by atoms with E-state index in [-0.39, 0.29) is 0 Å². The minimum Gasteiger partial charge on any atom is -0.217 e. The molecule has 0 aromatic carbocycles. The second-order valence-corrected chi connectivity index (χ2v) is 4.87. The van der Waals surface area contributed by atoms with Crippen molar-refractivity contribution in [2.45, 2.75) is 59.3 Å². The van der Waals surface area contributed by atoms with Gasteiger partial charge in [-0.25, -0.2) is 15.0 Å². The van der Waals surface area contributed by atoms with Gasteiger partial charge in [0.2, 0.25) is 0 Å². The summed E-state index contributed by atoms with van der Waals surface area (Å²) in [6, 6.07) is 0. The van der Waals surface area contributed by atoms with Crippen LogP contribution in [0.15, 0.2) is 0 Å². The lowest BCUT2D eigenvalue weighted by Gasteiger charge is -2.12. The van der Waals surface area contributed by atoms with Crippen molar-refractivity contribution in [3.05, 3.63) is 17.5 Å². The highest BCUT2D eigenvalue weighted by Crippen LogP contribution is 2.17. The molecule has 3 heteroatoms. The minimum atomic E-state index is 0.364. The van der Waals surface area contributed by atoms with Crippen LogP contribution in [0.4, 0.5) is 0 Å². The van der Waals surface area contributed by atoms with Gasteiger partial charge < -0.3 is 0 Å². The molecule has 0 aliphatic carbocycles. The number of nitrogens with zero attached hydrogens (tertiary/aromatic N) is 3. The van der Waals surface area contributed by atoms with E-state index < -0.39 is 0 Å². The maximum Gasteiger partial charge on any atom is 0.135 e. The van der Waals surface area contributed by atoms with Crippen LogP contribution in [-0.4, -0.2) is 15.0 Å². The summed E-state index contributed by atoms with van der Waals surface area (Å²) >= 11 is 0. The molecule has 0 saturated heterocycles. The zero-order valence-corrected chi connectivity index (χ0v) is 10.6. The van der Waals surface area contributed by atoms with Crippen LogP contribution >= 0.6 is 0 Å². The molecule has 0 bridgehead atoms. The van der Waals surface area contributed by atoms with Crippen molar-refractivity contribution in [1.29, 1.82) is 0 Å². The average Bonchev–Trinajstić information content (AvgIpc) is 2.16. The van der Waals surface area contributed by atoms with E-state index in [0.717, 1.165) is 17.5 Å². The fourth-order valence-corrected chi connectivity index (χ4v) is 1.20. The molecule has 3 nitrogen and oxygen atoms in total. The van der Waals surface area contributed by atoms with Gasteiger partial charge in [0.25, 0.3) is 0 Å². The number of rotatable bonds is 3. The molecule has 84 valence electrons. The van der Waals surface area contributed by atoms with Crippen LogP contribution in [0, 0.1) is 0 Å². The van der Waals surface area contributed by atoms with Crippen molar-refractivity contribution in [1.82, 2.24) is 15.0 Å². The van der Waals surface area contributed by atoms with Gasteiger partial charge in [-0.05, 0) is 0 Å². The molecule has 0 radical (unpaired) electrons. The third-order valence-corrected chi connectivity index (χ3v) is 2.24. The largest absolute Gasteiger partial charge is 0.217 e. The highest BCUT2D eigenvalue weighted by Gasteiger charge is 2.13. The van der Waals surface area contributed by atoms with Gasteiger partial charge in [-0.15, -0.1) is 0 Å². The zero-order valence-electron chi connectivity index (χ0n) is 10.6. The molecule has 0 spiro atoms. The monoisotopic (exact) mass is 207 g/mol. The van der Waals surface area contributed by atoms with Crippen LogP contribution in [0.3, 0.4) is 0 Å². The summed E-state index contributed by atoms with van der Waals surface area (Å²) < 4.78 is 0. The molecule has 0 unspecified atom stereocenters. The fourth-order valence-electron chi connectivity index (χ4n) is 1.20. The highest BCUT2D eigenvalue weighted by molar-refractivity contribution is 5.05. The molecule has 1 rings (SSSR count). The normalized spacial score (nSPS) is 11.8. The van der Waals surface area contributed by atoms with Gasteiger partial charge in [0.05, 0.1) is 0 Å². The molecule has 0 aliphatic rings. The Labute approximate surface area is 92.4 Å². The average molecular weight is 207 g/mol. The Morgan fingerprint density at radius 2 is 0.733 bits per heavy atom. The molecule has 1 aromatic rings. The van der Waals surface area contributed by atoms with E-state index in [4.69, 9.17) is 0 Å². The molecule has 15 heavy (non-hydrogen) atoms. The Morgan fingerprint density at radius 1 is 0.533 bits per heavy atom. The van der Waals surface area contributed by atoms with Crippen molar-refractivity contribution >= 4 is 0 Å². The van der Waals surface area contributed by atoms with Gasteiger partial charge in [-0.3, -0.25) is 0 Å². The summed E-state index contributed by atoms with van der Waals surface area (Å²) in [6.45, 7) is 12.7. The maximum absolute atomic E-state index is 4.49. The quantitative estimate of drug-likeness (QED) is 0.763. The Balaban J connectivity index is 3.20. The summed E-state index contributed by atoms with van der Waals surface area (Å²) in [5.41, 5.74) is 0. The SMILES string of the molecule is CC(C)c1nc(C(C)C)nc(C(C)C)n1. The van der Waals surface area contributed by atoms with Crippen LogP contribution in [0.5, 0.6) is 0 Å². The van der Waals surface area contributed by atoms with Crippen molar-refractivity contribution in [3.63, 3.8) is 0 Å². The third-order valence-electron chi connectivity index (χ3n) is 2.24. The predicted octanol–water partition coefficient (Wildman–Crippen LogP) is 3.24. The van der Waals surface area contributed by atoms with Crippen molar-refractivity contribution in [2.75, 3.05) is 0 Å². The lowest BCUT2D eigenvalue weighted by molar-refractivity contribution is 0.644. The van der Waals surface area contributed by atoms with Crippen LogP contribution < -0.4 is 0 Å². The topological polar surface area (TPSA) is 38.7 Å². The predicted molar refractivity (Wildman–Crippen MR) is 62.1 cm³/mol. The van der Waals surface area contributed by atoms with E-state index in [1.54, 1.807) is 0 Å². The lowest BCUT2D eigenvalue weighted by Crippen LogP contribution is -2.11. The van der Waals surface area contributed by atoms with Gasteiger partial charge in [-0.1, -0.05) is 41.5 Å². The molecule has 0 amide bonds. The van der Waals surface area contributed by atoms with Crippen LogP contribution in [-0.2, 0) is 0 Å². The second-order valence-electron chi connectivity index (χ2n) is 4.87. The molecule has 1 aromatic heterocycles. The van der Waals surface area contributed by atoms with E-state index >= 15 is 0 Å². The van der Waals surface area contributed by atoms with E-state index in [0.29, 0.717) is 17.8 Å². The zero-order chi connectivity index (χ0) is 11.6. The van der Waals surface area contributed by atoms with E-state index in [1.807, 2.05) is 0 Å². The summed E-state index contributed by atoms with van der Waals surface area (Å²) in [5.74, 6) is 3.83. The fraction of sp³-hybridized carbons (Fsp3) is 0.750. The molecular weight excluding hydrogens is 186 g/mol. The first-order valence-electron chi connectivity index (χ1n) is 5.67. The van der Waals surface area contributed by atoms with Crippen LogP contribution in [0.1, 0.15) is 76.8 Å². The van der Waals surface area contributed by atoms with Crippen LogP contribution in [0.25, 0.3) is 0 Å². The van der Waals surface area contributed by atoms with Gasteiger partial charge in [-0.2, -0.15) is 0 Å². The minimum absolute atomic E-state index is 0.364. The van der Waals surface area contributed by atoms with Crippen molar-refractivity contribution in [2.24, 2.45) is 0 Å². The number of aromatic nitrogens is 3. The van der Waals surface area contributed by atoms with E-state index in [1.165, 1.54) is 0 Å². The molecule has 0 N–H and O–H groups in total. The standard InChI is InChI=1S/C12H21N3/c1-7(2)10-13-11(8(3)4)15-12(14-10)9(5)6/h7-9H,1-6H3. The maximum atomic E-state index is 4.49. The Bertz CT molecular complexity index is 265. The molecule has 0 aliphatic heterocycles. The molecular formula is C12H21N3. The first-order chi connectivity index (χ1) is 6.91. The third kappa shape index (κ3) is 2.98. The Morgan fingerprint density at radius 3 is 0.867 bits per heavy atom. The number of hydrogen-bond donors (Lipinski definition) is 0. The van der Waals surface area contributed by atoms with E-state index in [2.05, 4.69) is 56.5 Å². The van der Waals surface area contributed by atoms with E-state index in [9.17, 15) is 0 Å². The molecule has 0 atom stereocenters. The van der Waals surface area contributed by atoms with Crippen molar-refractivity contribution < 1.29 is 0 Å². The molecule has 1 heterocycles. The summed E-state index contributed by atoms with van der Waals surface area (Å²) in [5, 5.41) is 0. The first kappa shape index (κ1) is 12.1. The summed E-state index contributed by atoms with van der Waals surface area (Å²) in [4.78, 5) is 13.5. The smallest absolute Gasteiger partial charge is 0.135 e. The molecule has 0 saturated carbocycles. The van der Waals surface area contributed by atoms with Gasteiger partial charge in [0.15, 0.2) is 0 Å². The Kier molecular flexibility index (Phi) is 3.77. The number of hydrogen-bond acceptors (Lipinski definition) is 3. The second kappa shape index (κ2) is 4.69. The van der Waals surface area contributed by atoms with Gasteiger partial charge >= 0.3 is 0 Å². The lowest BCUT2D eigenvalue weighted by atomic mass is 10.1.